The molecule has 0 aliphatic rings. The van der Waals surface area contributed by atoms with Crippen LogP contribution >= 0.6 is 23.2 Å². The molecule has 0 aliphatic heterocycles. The predicted octanol–water partition coefficient (Wildman–Crippen LogP) is 4.35. The third kappa shape index (κ3) is 3.00. The van der Waals surface area contributed by atoms with Crippen molar-refractivity contribution in [1.82, 2.24) is 0 Å². The fourth-order valence-electron chi connectivity index (χ4n) is 1.32. The van der Waals surface area contributed by atoms with E-state index in [1.165, 1.54) is 36.4 Å². The smallest absolute Gasteiger partial charge is 0.343 e. The lowest BCUT2D eigenvalue weighted by Crippen LogP contribution is -2.08. The first-order chi connectivity index (χ1) is 8.56. The summed E-state index contributed by atoms with van der Waals surface area (Å²) in [6.07, 6.45) is 0. The van der Waals surface area contributed by atoms with Crippen molar-refractivity contribution in [2.45, 2.75) is 0 Å². The van der Waals surface area contributed by atoms with E-state index in [0.29, 0.717) is 5.02 Å². The summed E-state index contributed by atoms with van der Waals surface area (Å²) in [7, 11) is 0. The molecule has 0 atom stereocenters. The highest BCUT2D eigenvalue weighted by Crippen LogP contribution is 2.26. The summed E-state index contributed by atoms with van der Waals surface area (Å²) in [6.45, 7) is 0. The molecule has 0 saturated carbocycles. The van der Waals surface area contributed by atoms with Crippen LogP contribution in [0.1, 0.15) is 10.4 Å². The van der Waals surface area contributed by atoms with E-state index in [1.807, 2.05) is 0 Å². The van der Waals surface area contributed by atoms with Gasteiger partial charge < -0.3 is 4.74 Å². The van der Waals surface area contributed by atoms with Crippen LogP contribution in [0.5, 0.6) is 5.75 Å². The minimum Gasteiger partial charge on any atom is -0.423 e. The van der Waals surface area contributed by atoms with Crippen LogP contribution in [0.15, 0.2) is 42.5 Å². The van der Waals surface area contributed by atoms with Crippen molar-refractivity contribution < 1.29 is 13.9 Å². The molecule has 0 N–H and O–H groups in total. The number of ether oxygens (including phenoxy) is 1. The molecule has 2 aromatic carbocycles. The summed E-state index contributed by atoms with van der Waals surface area (Å²) in [5.74, 6) is -0.912. The van der Waals surface area contributed by atoms with Gasteiger partial charge in [-0.1, -0.05) is 29.3 Å². The SMILES string of the molecule is O=C(Oc1ccc(Cl)c(Cl)c1)c1cccc(F)c1. The standard InChI is InChI=1S/C13H7Cl2FO2/c14-11-5-4-10(7-12(11)15)18-13(17)8-2-1-3-9(16)6-8/h1-7H. The Hall–Kier alpha value is -1.58. The molecular weight excluding hydrogens is 278 g/mol. The average molecular weight is 285 g/mol. The average Bonchev–Trinajstić information content (AvgIpc) is 2.34. The van der Waals surface area contributed by atoms with Crippen molar-refractivity contribution >= 4 is 29.2 Å². The van der Waals surface area contributed by atoms with Gasteiger partial charge in [-0.15, -0.1) is 0 Å². The van der Waals surface area contributed by atoms with Crippen LogP contribution in [-0.4, -0.2) is 5.97 Å². The highest BCUT2D eigenvalue weighted by Gasteiger charge is 2.10. The van der Waals surface area contributed by atoms with Gasteiger partial charge in [0.25, 0.3) is 0 Å². The van der Waals surface area contributed by atoms with Crippen LogP contribution in [0.2, 0.25) is 10.0 Å². The van der Waals surface area contributed by atoms with Crippen molar-refractivity contribution in [3.05, 3.63) is 63.9 Å². The van der Waals surface area contributed by atoms with E-state index in [9.17, 15) is 9.18 Å². The molecule has 0 fully saturated rings. The van der Waals surface area contributed by atoms with Gasteiger partial charge in [0.2, 0.25) is 0 Å². The molecule has 0 aliphatic carbocycles. The Morgan fingerprint density at radius 2 is 1.83 bits per heavy atom. The van der Waals surface area contributed by atoms with Crippen LogP contribution in [0, 0.1) is 5.82 Å². The van der Waals surface area contributed by atoms with Crippen molar-refractivity contribution in [2.75, 3.05) is 0 Å². The number of hydrogen-bond donors (Lipinski definition) is 0. The first-order valence-electron chi connectivity index (χ1n) is 4.99. The molecular formula is C13H7Cl2FO2. The molecule has 0 bridgehead atoms. The lowest BCUT2D eigenvalue weighted by Gasteiger charge is -2.05. The predicted molar refractivity (Wildman–Crippen MR) is 67.8 cm³/mol. The number of hydrogen-bond acceptors (Lipinski definition) is 2. The molecule has 2 rings (SSSR count). The summed E-state index contributed by atoms with van der Waals surface area (Å²) >= 11 is 11.5. The molecule has 18 heavy (non-hydrogen) atoms. The minimum atomic E-state index is -0.659. The van der Waals surface area contributed by atoms with Gasteiger partial charge in [0.1, 0.15) is 11.6 Å². The van der Waals surface area contributed by atoms with Crippen LogP contribution in [0.25, 0.3) is 0 Å². The number of halogens is 3. The number of rotatable bonds is 2. The molecule has 0 radical (unpaired) electrons. The zero-order chi connectivity index (χ0) is 13.1. The van der Waals surface area contributed by atoms with Crippen LogP contribution in [-0.2, 0) is 0 Å². The third-order valence-electron chi connectivity index (χ3n) is 2.16. The van der Waals surface area contributed by atoms with E-state index in [1.54, 1.807) is 0 Å². The van der Waals surface area contributed by atoms with Crippen molar-refractivity contribution in [2.24, 2.45) is 0 Å². The van der Waals surface area contributed by atoms with Gasteiger partial charge in [-0.2, -0.15) is 0 Å². The summed E-state index contributed by atoms with van der Waals surface area (Å²) in [4.78, 5) is 11.7. The van der Waals surface area contributed by atoms with Gasteiger partial charge in [-0.25, -0.2) is 9.18 Å². The molecule has 2 aromatic rings. The van der Waals surface area contributed by atoms with Crippen molar-refractivity contribution in [3.63, 3.8) is 0 Å². The van der Waals surface area contributed by atoms with E-state index < -0.39 is 11.8 Å². The maximum Gasteiger partial charge on any atom is 0.343 e. The van der Waals surface area contributed by atoms with Gasteiger partial charge in [0, 0.05) is 6.07 Å². The lowest BCUT2D eigenvalue weighted by atomic mass is 10.2. The normalized spacial score (nSPS) is 10.2. The van der Waals surface area contributed by atoms with Crippen molar-refractivity contribution in [1.29, 1.82) is 0 Å². The Kier molecular flexibility index (Phi) is 3.84. The van der Waals surface area contributed by atoms with E-state index in [-0.39, 0.29) is 16.3 Å². The van der Waals surface area contributed by atoms with E-state index >= 15 is 0 Å². The molecule has 92 valence electrons. The van der Waals surface area contributed by atoms with Gasteiger partial charge in [0.15, 0.2) is 0 Å². The number of esters is 1. The zero-order valence-electron chi connectivity index (χ0n) is 8.99. The molecule has 0 saturated heterocycles. The molecule has 0 aromatic heterocycles. The quantitative estimate of drug-likeness (QED) is 0.605. The summed E-state index contributed by atoms with van der Waals surface area (Å²) in [6, 6.07) is 9.67. The first kappa shape index (κ1) is 12.9. The Morgan fingerprint density at radius 1 is 1.06 bits per heavy atom. The van der Waals surface area contributed by atoms with Crippen molar-refractivity contribution in [3.8, 4) is 5.75 Å². The first-order valence-corrected chi connectivity index (χ1v) is 5.74. The Bertz CT molecular complexity index is 599. The van der Waals surface area contributed by atoms with Crippen LogP contribution in [0.4, 0.5) is 4.39 Å². The maximum atomic E-state index is 12.9. The topological polar surface area (TPSA) is 26.3 Å². The fourth-order valence-corrected chi connectivity index (χ4v) is 1.61. The van der Waals surface area contributed by atoms with Gasteiger partial charge in [-0.05, 0) is 30.3 Å². The minimum absolute atomic E-state index is 0.126. The Balaban J connectivity index is 2.18. The summed E-state index contributed by atoms with van der Waals surface area (Å²) < 4.78 is 18.0. The lowest BCUT2D eigenvalue weighted by molar-refractivity contribution is 0.0734. The van der Waals surface area contributed by atoms with E-state index in [2.05, 4.69) is 0 Å². The van der Waals surface area contributed by atoms with Crippen LogP contribution < -0.4 is 4.74 Å². The molecule has 0 spiro atoms. The van der Waals surface area contributed by atoms with E-state index in [0.717, 1.165) is 6.07 Å². The molecule has 0 heterocycles. The highest BCUT2D eigenvalue weighted by atomic mass is 35.5. The second kappa shape index (κ2) is 5.38. The summed E-state index contributed by atoms with van der Waals surface area (Å²) in [5.41, 5.74) is 0.126. The molecule has 0 amide bonds. The fraction of sp³-hybridized carbons (Fsp3) is 0. The zero-order valence-corrected chi connectivity index (χ0v) is 10.5. The maximum absolute atomic E-state index is 12.9. The number of carbonyl (C=O) groups is 1. The highest BCUT2D eigenvalue weighted by molar-refractivity contribution is 6.42. The third-order valence-corrected chi connectivity index (χ3v) is 2.90. The van der Waals surface area contributed by atoms with Gasteiger partial charge in [-0.3, -0.25) is 0 Å². The van der Waals surface area contributed by atoms with Crippen LogP contribution in [0.3, 0.4) is 0 Å². The second-order valence-corrected chi connectivity index (χ2v) is 4.29. The molecule has 0 unspecified atom stereocenters. The van der Waals surface area contributed by atoms with Gasteiger partial charge >= 0.3 is 5.97 Å². The summed E-state index contributed by atoms with van der Waals surface area (Å²) in [5, 5.41) is 0.642. The largest absolute Gasteiger partial charge is 0.423 e. The monoisotopic (exact) mass is 284 g/mol. The molecule has 2 nitrogen and oxygen atoms in total. The Labute approximate surface area is 113 Å². The van der Waals surface area contributed by atoms with E-state index in [4.69, 9.17) is 27.9 Å². The number of benzene rings is 2. The Morgan fingerprint density at radius 3 is 2.50 bits per heavy atom. The molecule has 5 heteroatoms. The second-order valence-electron chi connectivity index (χ2n) is 3.48. The van der Waals surface area contributed by atoms with Gasteiger partial charge in [0.05, 0.1) is 15.6 Å². The number of carbonyl (C=O) groups excluding carboxylic acids is 1.